The Morgan fingerprint density at radius 1 is 1.07 bits per heavy atom. The van der Waals surface area contributed by atoms with Gasteiger partial charge in [0, 0.05) is 32.7 Å². The minimum Gasteiger partial charge on any atom is -0.338 e. The van der Waals surface area contributed by atoms with Gasteiger partial charge in [0.2, 0.25) is 0 Å². The largest absolute Gasteiger partial charge is 0.338 e. The van der Waals surface area contributed by atoms with Gasteiger partial charge in [-0.15, -0.1) is 11.3 Å². The molecule has 0 atom stereocenters. The van der Waals surface area contributed by atoms with Crippen LogP contribution in [0.25, 0.3) is 0 Å². The third-order valence-corrected chi connectivity index (χ3v) is 8.03. The Morgan fingerprint density at radius 2 is 1.78 bits per heavy atom. The molecule has 9 heteroatoms. The molecule has 1 aromatic carbocycles. The summed E-state index contributed by atoms with van der Waals surface area (Å²) in [4.78, 5) is 13.9. The molecule has 6 nitrogen and oxygen atoms in total. The average Bonchev–Trinajstić information content (AvgIpc) is 3.13. The Bertz CT molecular complexity index is 863. The van der Waals surface area contributed by atoms with Gasteiger partial charge in [-0.3, -0.25) is 0 Å². The van der Waals surface area contributed by atoms with Crippen LogP contribution in [0.15, 0.2) is 46.7 Å². The Kier molecular flexibility index (Phi) is 6.75. The normalized spacial score (nSPS) is 15.7. The third kappa shape index (κ3) is 5.22. The Balaban J connectivity index is 1.42. The fraction of sp³-hybridized carbons (Fsp3) is 0.389. The highest BCUT2D eigenvalue weighted by Crippen LogP contribution is 2.28. The average molecular weight is 428 g/mol. The number of piperazine rings is 1. The van der Waals surface area contributed by atoms with Gasteiger partial charge >= 0.3 is 6.03 Å². The first-order valence-electron chi connectivity index (χ1n) is 8.79. The van der Waals surface area contributed by atoms with Crippen LogP contribution in [0, 0.1) is 0 Å². The molecule has 2 aromatic rings. The van der Waals surface area contributed by atoms with Crippen molar-refractivity contribution >= 4 is 39.0 Å². The molecule has 0 saturated carbocycles. The number of aryl methyl sites for hydroxylation is 1. The number of urea groups is 1. The van der Waals surface area contributed by atoms with Crippen LogP contribution in [-0.2, 0) is 16.4 Å². The lowest BCUT2D eigenvalue weighted by molar-refractivity contribution is 0.172. The van der Waals surface area contributed by atoms with Crippen molar-refractivity contribution in [3.8, 4) is 0 Å². The maximum absolute atomic E-state index is 12.6. The summed E-state index contributed by atoms with van der Waals surface area (Å²) in [5.41, 5.74) is 1.25. The number of hydrogen-bond donors (Lipinski definition) is 1. The number of carbonyl (C=O) groups excluding carboxylic acids is 1. The standard InChI is InChI=1S/C18H22ClN3O3S2/c19-16-8-9-17(26-16)27(24,25)22-13-11-21(12-14-22)18(23)20-10-4-7-15-5-2-1-3-6-15/h1-3,5-6,8-9H,4,7,10-14H2,(H,20,23). The van der Waals surface area contributed by atoms with Gasteiger partial charge in [0.05, 0.1) is 4.34 Å². The smallest absolute Gasteiger partial charge is 0.317 e. The molecule has 3 rings (SSSR count). The van der Waals surface area contributed by atoms with Crippen molar-refractivity contribution in [2.24, 2.45) is 0 Å². The fourth-order valence-corrected chi connectivity index (χ4v) is 6.00. The van der Waals surface area contributed by atoms with E-state index >= 15 is 0 Å². The summed E-state index contributed by atoms with van der Waals surface area (Å²) in [5.74, 6) is 0. The molecule has 0 spiro atoms. The Labute approximate surface area is 168 Å². The molecule has 2 amide bonds. The minimum atomic E-state index is -3.53. The quantitative estimate of drug-likeness (QED) is 0.720. The van der Waals surface area contributed by atoms with Gasteiger partial charge in [0.15, 0.2) is 0 Å². The third-order valence-electron chi connectivity index (χ3n) is 4.43. The number of sulfonamides is 1. The van der Waals surface area contributed by atoms with E-state index in [0.717, 1.165) is 24.2 Å². The van der Waals surface area contributed by atoms with Gasteiger partial charge in [-0.25, -0.2) is 13.2 Å². The summed E-state index contributed by atoms with van der Waals surface area (Å²) in [5, 5.41) is 2.91. The number of amides is 2. The van der Waals surface area contributed by atoms with E-state index in [1.165, 1.54) is 15.9 Å². The number of nitrogens with zero attached hydrogens (tertiary/aromatic N) is 2. The van der Waals surface area contributed by atoms with E-state index in [4.69, 9.17) is 11.6 Å². The second kappa shape index (κ2) is 9.05. The molecule has 1 saturated heterocycles. The van der Waals surface area contributed by atoms with Crippen LogP contribution < -0.4 is 5.32 Å². The van der Waals surface area contributed by atoms with Crippen molar-refractivity contribution in [2.75, 3.05) is 32.7 Å². The molecule has 0 bridgehead atoms. The van der Waals surface area contributed by atoms with Crippen LogP contribution in [0.3, 0.4) is 0 Å². The second-order valence-corrected chi connectivity index (χ2v) is 10.2. The summed E-state index contributed by atoms with van der Waals surface area (Å²) in [6.45, 7) is 1.93. The monoisotopic (exact) mass is 427 g/mol. The van der Waals surface area contributed by atoms with E-state index in [0.29, 0.717) is 24.0 Å². The van der Waals surface area contributed by atoms with Crippen LogP contribution in [0.2, 0.25) is 4.34 Å². The zero-order valence-corrected chi connectivity index (χ0v) is 17.2. The lowest BCUT2D eigenvalue weighted by Gasteiger charge is -2.33. The van der Waals surface area contributed by atoms with E-state index in [1.807, 2.05) is 18.2 Å². The molecule has 27 heavy (non-hydrogen) atoms. The van der Waals surface area contributed by atoms with Crippen LogP contribution in [0.5, 0.6) is 0 Å². The van der Waals surface area contributed by atoms with Crippen molar-refractivity contribution in [2.45, 2.75) is 17.1 Å². The topological polar surface area (TPSA) is 69.7 Å². The van der Waals surface area contributed by atoms with Crippen molar-refractivity contribution in [1.82, 2.24) is 14.5 Å². The number of carbonyl (C=O) groups is 1. The SMILES string of the molecule is O=C(NCCCc1ccccc1)N1CCN(S(=O)(=O)c2ccc(Cl)s2)CC1. The molecule has 0 unspecified atom stereocenters. The van der Waals surface area contributed by atoms with Gasteiger partial charge in [-0.05, 0) is 30.5 Å². The molecule has 2 heterocycles. The van der Waals surface area contributed by atoms with E-state index in [9.17, 15) is 13.2 Å². The predicted molar refractivity (Wildman–Crippen MR) is 108 cm³/mol. The highest BCUT2D eigenvalue weighted by atomic mass is 35.5. The molecular weight excluding hydrogens is 406 g/mol. The zero-order chi connectivity index (χ0) is 19.3. The van der Waals surface area contributed by atoms with Crippen molar-refractivity contribution < 1.29 is 13.2 Å². The molecule has 0 aliphatic carbocycles. The number of halogens is 1. The zero-order valence-electron chi connectivity index (χ0n) is 14.8. The van der Waals surface area contributed by atoms with Crippen molar-refractivity contribution in [1.29, 1.82) is 0 Å². The highest BCUT2D eigenvalue weighted by Gasteiger charge is 2.31. The summed E-state index contributed by atoms with van der Waals surface area (Å²) in [7, 11) is -3.53. The van der Waals surface area contributed by atoms with E-state index in [2.05, 4.69) is 17.4 Å². The Morgan fingerprint density at radius 3 is 2.41 bits per heavy atom. The molecule has 1 N–H and O–H groups in total. The molecule has 1 aromatic heterocycles. The van der Waals surface area contributed by atoms with Gasteiger partial charge in [0.1, 0.15) is 4.21 Å². The number of benzene rings is 1. The summed E-state index contributed by atoms with van der Waals surface area (Å²) in [6.07, 6.45) is 1.78. The predicted octanol–water partition coefficient (Wildman–Crippen LogP) is 3.05. The molecule has 1 fully saturated rings. The first-order chi connectivity index (χ1) is 13.0. The van der Waals surface area contributed by atoms with E-state index in [-0.39, 0.29) is 23.3 Å². The first kappa shape index (κ1) is 20.1. The van der Waals surface area contributed by atoms with Crippen LogP contribution in [0.4, 0.5) is 4.79 Å². The maximum atomic E-state index is 12.6. The van der Waals surface area contributed by atoms with Crippen LogP contribution >= 0.6 is 22.9 Å². The van der Waals surface area contributed by atoms with E-state index in [1.54, 1.807) is 11.0 Å². The van der Waals surface area contributed by atoms with Gasteiger partial charge < -0.3 is 10.2 Å². The molecule has 1 aliphatic rings. The number of thiophene rings is 1. The Hall–Kier alpha value is -1.61. The molecule has 0 radical (unpaired) electrons. The number of rotatable bonds is 6. The summed E-state index contributed by atoms with van der Waals surface area (Å²) < 4.78 is 27.3. The van der Waals surface area contributed by atoms with Gasteiger partial charge in [-0.2, -0.15) is 4.31 Å². The van der Waals surface area contributed by atoms with Crippen molar-refractivity contribution in [3.63, 3.8) is 0 Å². The van der Waals surface area contributed by atoms with Crippen LogP contribution in [0.1, 0.15) is 12.0 Å². The summed E-state index contributed by atoms with van der Waals surface area (Å²) in [6, 6.07) is 13.1. The minimum absolute atomic E-state index is 0.140. The lowest BCUT2D eigenvalue weighted by Crippen LogP contribution is -2.53. The molecule has 146 valence electrons. The number of nitrogens with one attached hydrogen (secondary N) is 1. The van der Waals surface area contributed by atoms with Crippen LogP contribution in [-0.4, -0.2) is 56.4 Å². The first-order valence-corrected chi connectivity index (χ1v) is 11.4. The maximum Gasteiger partial charge on any atom is 0.317 e. The van der Waals surface area contributed by atoms with Crippen molar-refractivity contribution in [3.05, 3.63) is 52.4 Å². The lowest BCUT2D eigenvalue weighted by atomic mass is 10.1. The molecular formula is C18H22ClN3O3S2. The van der Waals surface area contributed by atoms with Gasteiger partial charge in [-0.1, -0.05) is 41.9 Å². The summed E-state index contributed by atoms with van der Waals surface area (Å²) >= 11 is 6.89. The highest BCUT2D eigenvalue weighted by molar-refractivity contribution is 7.91. The van der Waals surface area contributed by atoms with Gasteiger partial charge in [0.25, 0.3) is 10.0 Å². The second-order valence-electron chi connectivity index (χ2n) is 6.27. The molecule has 1 aliphatic heterocycles. The number of hydrogen-bond acceptors (Lipinski definition) is 4. The van der Waals surface area contributed by atoms with E-state index < -0.39 is 10.0 Å². The fourth-order valence-electron chi connectivity index (χ4n) is 2.94.